The van der Waals surface area contributed by atoms with Gasteiger partial charge in [0.2, 0.25) is 5.91 Å². The Hall–Kier alpha value is -3.56. The second-order valence-electron chi connectivity index (χ2n) is 8.10. The molecule has 0 aliphatic heterocycles. The Kier molecular flexibility index (Phi) is 4.92. The highest BCUT2D eigenvalue weighted by Crippen LogP contribution is 2.36. The maximum absolute atomic E-state index is 13.2. The molecule has 0 unspecified atom stereocenters. The van der Waals surface area contributed by atoms with E-state index >= 15 is 0 Å². The monoisotopic (exact) mass is 473 g/mol. The first-order valence-corrected chi connectivity index (χ1v) is 12.4. The maximum Gasteiger partial charge on any atom is 0.252 e. The van der Waals surface area contributed by atoms with E-state index in [1.807, 2.05) is 47.2 Å². The lowest BCUT2D eigenvalue weighted by Gasteiger charge is -2.12. The number of nitrogens with zero attached hydrogens (tertiary/aromatic N) is 2. The number of H-pyrrole nitrogens is 1. The van der Waals surface area contributed by atoms with Crippen LogP contribution in [0.15, 0.2) is 53.4 Å². The van der Waals surface area contributed by atoms with E-state index in [-0.39, 0.29) is 17.7 Å². The first-order valence-electron chi connectivity index (χ1n) is 10.6. The van der Waals surface area contributed by atoms with E-state index < -0.39 is 0 Å². The van der Waals surface area contributed by atoms with Crippen molar-refractivity contribution in [2.45, 2.75) is 19.4 Å². The van der Waals surface area contributed by atoms with Crippen molar-refractivity contribution < 1.29 is 9.59 Å². The van der Waals surface area contributed by atoms with Crippen LogP contribution in [0.1, 0.15) is 28.8 Å². The number of thiazole rings is 1. The van der Waals surface area contributed by atoms with Crippen molar-refractivity contribution in [1.82, 2.24) is 20.5 Å². The molecule has 2 aromatic carbocycles. The minimum Gasteiger partial charge on any atom is -0.348 e. The number of carbonyl (C=O) groups excluding carboxylic acids is 2. The number of thiophene rings is 1. The lowest BCUT2D eigenvalue weighted by atomic mass is 9.95. The second-order valence-corrected chi connectivity index (χ2v) is 9.91. The minimum absolute atomic E-state index is 0.0435. The Balaban J connectivity index is 1.37. The van der Waals surface area contributed by atoms with Gasteiger partial charge in [0.15, 0.2) is 5.13 Å². The first kappa shape index (κ1) is 20.1. The zero-order chi connectivity index (χ0) is 22.4. The third-order valence-corrected chi connectivity index (χ3v) is 7.42. The van der Waals surface area contributed by atoms with Crippen LogP contribution in [0.4, 0.5) is 5.13 Å². The highest BCUT2D eigenvalue weighted by molar-refractivity contribution is 7.22. The van der Waals surface area contributed by atoms with E-state index in [0.29, 0.717) is 17.2 Å². The number of aromatic amines is 1. The van der Waals surface area contributed by atoms with Gasteiger partial charge in [0.1, 0.15) is 0 Å². The van der Waals surface area contributed by atoms with Gasteiger partial charge in [0, 0.05) is 29.0 Å². The van der Waals surface area contributed by atoms with Gasteiger partial charge < -0.3 is 10.6 Å². The van der Waals surface area contributed by atoms with Gasteiger partial charge >= 0.3 is 0 Å². The van der Waals surface area contributed by atoms with Crippen molar-refractivity contribution in [2.75, 3.05) is 5.32 Å². The van der Waals surface area contributed by atoms with E-state index in [1.165, 1.54) is 11.3 Å². The van der Waals surface area contributed by atoms with Crippen LogP contribution in [-0.4, -0.2) is 27.0 Å². The average Bonchev–Trinajstić information content (AvgIpc) is 3.20. The number of anilines is 1. The predicted molar refractivity (Wildman–Crippen MR) is 132 cm³/mol. The Morgan fingerprint density at radius 3 is 2.88 bits per heavy atom. The summed E-state index contributed by atoms with van der Waals surface area (Å²) in [6.07, 6.45) is 3.65. The summed E-state index contributed by atoms with van der Waals surface area (Å²) < 4.78 is 0.948. The zero-order valence-electron chi connectivity index (χ0n) is 17.4. The lowest BCUT2D eigenvalue weighted by Crippen LogP contribution is -2.23. The van der Waals surface area contributed by atoms with Crippen LogP contribution in [0, 0.1) is 5.92 Å². The molecule has 3 N–H and O–H groups in total. The molecular formula is C24H19N5O2S2. The van der Waals surface area contributed by atoms with Gasteiger partial charge in [-0.2, -0.15) is 16.4 Å². The Labute approximate surface area is 196 Å². The molecule has 9 heteroatoms. The molecule has 1 aliphatic rings. The number of carbonyl (C=O) groups is 2. The SMILES string of the molecule is O=C(NCc1ccsc1)c1ccc2[nH]ncc2c1-c1ccc2nc(NC(=O)C3CC3)sc2c1. The van der Waals surface area contributed by atoms with Gasteiger partial charge in [-0.05, 0) is 65.1 Å². The summed E-state index contributed by atoms with van der Waals surface area (Å²) in [5, 5.41) is 18.6. The number of aromatic nitrogens is 3. The Morgan fingerprint density at radius 1 is 1.15 bits per heavy atom. The molecule has 0 bridgehead atoms. The maximum atomic E-state index is 13.2. The molecule has 0 spiro atoms. The number of amides is 2. The van der Waals surface area contributed by atoms with Gasteiger partial charge in [-0.15, -0.1) is 0 Å². The van der Waals surface area contributed by atoms with Gasteiger partial charge in [-0.3, -0.25) is 14.7 Å². The smallest absolute Gasteiger partial charge is 0.252 e. The fourth-order valence-corrected chi connectivity index (χ4v) is 5.45. The summed E-state index contributed by atoms with van der Waals surface area (Å²) >= 11 is 3.05. The summed E-state index contributed by atoms with van der Waals surface area (Å²) in [7, 11) is 0. The van der Waals surface area contributed by atoms with E-state index in [0.717, 1.165) is 50.7 Å². The van der Waals surface area contributed by atoms with Gasteiger partial charge in [-0.25, -0.2) is 4.98 Å². The summed E-state index contributed by atoms with van der Waals surface area (Å²) in [6.45, 7) is 0.475. The molecular weight excluding hydrogens is 454 g/mol. The average molecular weight is 474 g/mol. The fourth-order valence-electron chi connectivity index (χ4n) is 3.88. The zero-order valence-corrected chi connectivity index (χ0v) is 19.1. The molecule has 6 rings (SSSR count). The van der Waals surface area contributed by atoms with Crippen molar-refractivity contribution in [1.29, 1.82) is 0 Å². The molecule has 1 aliphatic carbocycles. The van der Waals surface area contributed by atoms with Gasteiger partial charge in [0.05, 0.1) is 21.9 Å². The quantitative estimate of drug-likeness (QED) is 0.316. The molecule has 1 fully saturated rings. The van der Waals surface area contributed by atoms with Gasteiger partial charge in [0.25, 0.3) is 5.91 Å². The first-order chi connectivity index (χ1) is 16.2. The molecule has 0 radical (unpaired) electrons. The number of benzene rings is 2. The normalized spacial score (nSPS) is 13.5. The molecule has 0 saturated heterocycles. The number of hydrogen-bond acceptors (Lipinski definition) is 6. The molecule has 2 amide bonds. The third kappa shape index (κ3) is 3.90. The number of hydrogen-bond donors (Lipinski definition) is 3. The van der Waals surface area contributed by atoms with Crippen LogP contribution >= 0.6 is 22.7 Å². The molecule has 33 heavy (non-hydrogen) atoms. The fraction of sp³-hybridized carbons (Fsp3) is 0.167. The molecule has 3 aromatic heterocycles. The van der Waals surface area contributed by atoms with E-state index in [4.69, 9.17) is 0 Å². The highest BCUT2D eigenvalue weighted by Gasteiger charge is 2.30. The van der Waals surface area contributed by atoms with E-state index in [1.54, 1.807) is 17.5 Å². The highest BCUT2D eigenvalue weighted by atomic mass is 32.1. The summed E-state index contributed by atoms with van der Waals surface area (Å²) in [5.41, 5.74) is 5.07. The Bertz CT molecular complexity index is 1500. The van der Waals surface area contributed by atoms with Crippen molar-refractivity contribution in [3.05, 3.63) is 64.5 Å². The molecule has 3 heterocycles. The number of nitrogens with one attached hydrogen (secondary N) is 3. The topological polar surface area (TPSA) is 99.8 Å². The summed E-state index contributed by atoms with van der Waals surface area (Å²) in [4.78, 5) is 29.8. The van der Waals surface area contributed by atoms with Gasteiger partial charge in [-0.1, -0.05) is 17.4 Å². The Morgan fingerprint density at radius 2 is 2.06 bits per heavy atom. The standard InChI is InChI=1S/C24H19N5O2S2/c30-22(14-1-2-14)28-24-27-19-5-3-15(9-20(19)33-24)21-16(4-6-18-17(21)11-26-29-18)23(31)25-10-13-7-8-32-12-13/h3-9,11-12,14H,1-2,10H2,(H,25,31)(H,26,29)(H,27,28,30). The molecule has 1 saturated carbocycles. The summed E-state index contributed by atoms with van der Waals surface area (Å²) in [5.74, 6) is 0.0320. The largest absolute Gasteiger partial charge is 0.348 e. The third-order valence-electron chi connectivity index (χ3n) is 5.76. The number of rotatable bonds is 6. The minimum atomic E-state index is -0.138. The van der Waals surface area contributed by atoms with Crippen molar-refractivity contribution in [2.24, 2.45) is 5.92 Å². The van der Waals surface area contributed by atoms with Crippen molar-refractivity contribution >= 4 is 60.7 Å². The second kappa shape index (κ2) is 8.09. The summed E-state index contributed by atoms with van der Waals surface area (Å²) in [6, 6.07) is 11.6. The van der Waals surface area contributed by atoms with Crippen LogP contribution in [-0.2, 0) is 11.3 Å². The molecule has 164 valence electrons. The molecule has 5 aromatic rings. The van der Waals surface area contributed by atoms with E-state index in [2.05, 4.69) is 25.8 Å². The van der Waals surface area contributed by atoms with Crippen LogP contribution in [0.5, 0.6) is 0 Å². The molecule has 0 atom stereocenters. The number of fused-ring (bicyclic) bond motifs is 2. The van der Waals surface area contributed by atoms with Crippen LogP contribution in [0.2, 0.25) is 0 Å². The predicted octanol–water partition coefficient (Wildman–Crippen LogP) is 5.18. The van der Waals surface area contributed by atoms with Crippen molar-refractivity contribution in [3.63, 3.8) is 0 Å². The van der Waals surface area contributed by atoms with Crippen LogP contribution in [0.25, 0.3) is 32.2 Å². The lowest BCUT2D eigenvalue weighted by molar-refractivity contribution is -0.117. The molecule has 7 nitrogen and oxygen atoms in total. The van der Waals surface area contributed by atoms with Crippen LogP contribution in [0.3, 0.4) is 0 Å². The van der Waals surface area contributed by atoms with Crippen LogP contribution < -0.4 is 10.6 Å². The van der Waals surface area contributed by atoms with E-state index in [9.17, 15) is 9.59 Å². The van der Waals surface area contributed by atoms with Crippen molar-refractivity contribution in [3.8, 4) is 11.1 Å².